The first-order chi connectivity index (χ1) is 27.4. The normalized spacial score (nSPS) is 30.3. The summed E-state index contributed by atoms with van der Waals surface area (Å²) >= 11 is 0. The number of fused-ring (bicyclic) bond motifs is 5. The van der Waals surface area contributed by atoms with Gasteiger partial charge in [0.1, 0.15) is 34.8 Å². The number of nitrogens with zero attached hydrogens (tertiary/aromatic N) is 2. The summed E-state index contributed by atoms with van der Waals surface area (Å²) < 4.78 is 83.6. The van der Waals surface area contributed by atoms with Crippen LogP contribution in [0, 0.1) is 18.8 Å². The molecule has 13 nitrogen and oxygen atoms in total. The summed E-state index contributed by atoms with van der Waals surface area (Å²) in [5.74, 6) is -3.76. The molecule has 314 valence electrons. The first-order valence-corrected chi connectivity index (χ1v) is 21.8. The number of benzene rings is 1. The van der Waals surface area contributed by atoms with Crippen LogP contribution in [0.4, 0.5) is 13.2 Å². The molecule has 1 saturated heterocycles. The third kappa shape index (κ3) is 7.86. The van der Waals surface area contributed by atoms with Crippen LogP contribution in [0.2, 0.25) is 0 Å². The number of esters is 1. The van der Waals surface area contributed by atoms with Crippen LogP contribution in [-0.2, 0) is 40.4 Å². The molecule has 0 unspecified atom stereocenters. The molecule has 1 aromatic carbocycles. The van der Waals surface area contributed by atoms with E-state index >= 15 is 0 Å². The summed E-state index contributed by atoms with van der Waals surface area (Å²) in [7, 11) is -4.04. The van der Waals surface area contributed by atoms with Crippen molar-refractivity contribution in [1.82, 2.24) is 19.9 Å². The Morgan fingerprint density at radius 3 is 2.55 bits per heavy atom. The number of aryl methyl sites for hydroxylation is 2. The number of ether oxygens (including phenoxy) is 3. The fourth-order valence-corrected chi connectivity index (χ4v) is 10.2. The Kier molecular flexibility index (Phi) is 10.2. The number of halogens is 3. The van der Waals surface area contributed by atoms with Gasteiger partial charge in [-0.05, 0) is 103 Å². The number of sulfonamides is 1. The van der Waals surface area contributed by atoms with Gasteiger partial charge in [-0.25, -0.2) is 13.4 Å². The average Bonchev–Trinajstić information content (AvgIpc) is 4.03. The number of amides is 3. The Labute approximate surface area is 334 Å². The second kappa shape index (κ2) is 14.7. The van der Waals surface area contributed by atoms with Gasteiger partial charge in [0.15, 0.2) is 0 Å². The summed E-state index contributed by atoms with van der Waals surface area (Å²) in [5.41, 5.74) is -1.18. The first-order valence-electron chi connectivity index (χ1n) is 20.3. The molecule has 4 heterocycles. The summed E-state index contributed by atoms with van der Waals surface area (Å²) in [6.45, 7) is 3.23. The van der Waals surface area contributed by atoms with E-state index in [9.17, 15) is 40.8 Å². The van der Waals surface area contributed by atoms with Crippen molar-refractivity contribution in [1.29, 1.82) is 0 Å². The SMILES string of the molecule is Cc1nc2ccc(OC(F)(F)F)cc2c2c1O[C@]1(CC2)C[C@H]2C(=O)N[C@]3(C(=O)NS(=O)(=O)C4(C)CC4)C[C@H]3/C=C\CCCCC[C@H](CC(=O)OC3CCC3)C(=O)N2C1. The molecule has 1 aromatic heterocycles. The van der Waals surface area contributed by atoms with Gasteiger partial charge in [-0.2, -0.15) is 0 Å². The Morgan fingerprint density at radius 2 is 1.84 bits per heavy atom. The van der Waals surface area contributed by atoms with E-state index in [1.54, 1.807) is 13.8 Å². The minimum atomic E-state index is -4.90. The molecule has 3 saturated carbocycles. The standard InChI is InChI=1S/C41H49F3N4O9S/c1-24-34-29(30-20-28(56-41(42,43)44)13-14-31(30)45-24)15-16-39(57-34)22-32-35(50)46-40(37(52)47-58(53,54)38(2)17-18-38)21-26(40)10-7-5-3-4-6-9-25(36(51)48(32)23-39)19-33(49)55-27-11-8-12-27/h7,10,13-14,20,25-27,32H,3-6,8-9,11-12,15-19,21-23H2,1-2H3,(H,46,50)(H,47,52)/b10-7-/t25-,26-,32+,39-,40-/m1/s1. The van der Waals surface area contributed by atoms with Crippen LogP contribution >= 0.6 is 0 Å². The molecule has 58 heavy (non-hydrogen) atoms. The van der Waals surface area contributed by atoms with Crippen LogP contribution in [-0.4, -0.2) is 82.9 Å². The number of pyridine rings is 1. The van der Waals surface area contributed by atoms with E-state index in [1.165, 1.54) is 23.1 Å². The maximum atomic E-state index is 14.8. The van der Waals surface area contributed by atoms with Gasteiger partial charge in [0.2, 0.25) is 21.8 Å². The topological polar surface area (TPSA) is 170 Å². The molecule has 8 rings (SSSR count). The van der Waals surface area contributed by atoms with Gasteiger partial charge in [-0.15, -0.1) is 13.2 Å². The summed E-state index contributed by atoms with van der Waals surface area (Å²) in [5, 5.41) is 3.31. The monoisotopic (exact) mass is 830 g/mol. The third-order valence-electron chi connectivity index (χ3n) is 13.1. The summed E-state index contributed by atoms with van der Waals surface area (Å²) in [6.07, 6.45) is 5.84. The highest BCUT2D eigenvalue weighted by Gasteiger charge is 2.64. The predicted octanol–water partition coefficient (Wildman–Crippen LogP) is 5.60. The number of nitrogens with one attached hydrogen (secondary N) is 2. The highest BCUT2D eigenvalue weighted by Crippen LogP contribution is 2.49. The van der Waals surface area contributed by atoms with Crippen molar-refractivity contribution < 1.29 is 55.0 Å². The lowest BCUT2D eigenvalue weighted by Gasteiger charge is -2.36. The van der Waals surface area contributed by atoms with Crippen molar-refractivity contribution in [2.45, 2.75) is 145 Å². The number of carbonyl (C=O) groups excluding carboxylic acids is 4. The van der Waals surface area contributed by atoms with Gasteiger partial charge in [-0.1, -0.05) is 25.0 Å². The number of hydrogen-bond acceptors (Lipinski definition) is 10. The minimum Gasteiger partial charge on any atom is -0.483 e. The molecular weight excluding hydrogens is 782 g/mol. The van der Waals surface area contributed by atoms with E-state index in [1.807, 2.05) is 12.2 Å². The van der Waals surface area contributed by atoms with Crippen LogP contribution < -0.4 is 19.5 Å². The lowest BCUT2D eigenvalue weighted by molar-refractivity contribution is -0.274. The van der Waals surface area contributed by atoms with Gasteiger partial charge in [0, 0.05) is 29.2 Å². The minimum absolute atomic E-state index is 0.00741. The average molecular weight is 831 g/mol. The molecule has 2 N–H and O–H groups in total. The zero-order valence-electron chi connectivity index (χ0n) is 32.6. The van der Waals surface area contributed by atoms with Crippen LogP contribution in [0.25, 0.3) is 10.9 Å². The number of alkyl halides is 3. The largest absolute Gasteiger partial charge is 0.573 e. The quantitative estimate of drug-likeness (QED) is 0.265. The second-order valence-corrected chi connectivity index (χ2v) is 19.6. The van der Waals surface area contributed by atoms with Crippen LogP contribution in [0.3, 0.4) is 0 Å². The Balaban J connectivity index is 1.12. The second-order valence-electron chi connectivity index (χ2n) is 17.4. The number of carbonyl (C=O) groups is 4. The number of aromatic nitrogens is 1. The fourth-order valence-electron chi connectivity index (χ4n) is 8.92. The molecule has 3 aliphatic carbocycles. The molecule has 4 fully saturated rings. The first kappa shape index (κ1) is 40.4. The molecule has 2 aromatic rings. The Hall–Kier alpha value is -4.41. The number of rotatable bonds is 7. The molecule has 0 radical (unpaired) electrons. The molecule has 6 aliphatic rings. The Morgan fingerprint density at radius 1 is 1.07 bits per heavy atom. The van der Waals surface area contributed by atoms with Crippen molar-refractivity contribution >= 4 is 44.6 Å². The summed E-state index contributed by atoms with van der Waals surface area (Å²) in [6, 6.07) is 2.74. The molecule has 1 spiro atoms. The van der Waals surface area contributed by atoms with Crippen LogP contribution in [0.1, 0.15) is 108 Å². The molecular formula is C41H49F3N4O9S. The number of hydrogen-bond donors (Lipinski definition) is 2. The third-order valence-corrected chi connectivity index (χ3v) is 15.2. The van der Waals surface area contributed by atoms with E-state index in [0.717, 1.165) is 32.1 Å². The van der Waals surface area contributed by atoms with Gasteiger partial charge < -0.3 is 24.4 Å². The molecule has 17 heteroatoms. The maximum absolute atomic E-state index is 14.8. The lowest BCUT2D eigenvalue weighted by Crippen LogP contribution is -2.57. The number of allylic oxidation sites excluding steroid dienone is 1. The highest BCUT2D eigenvalue weighted by molar-refractivity contribution is 7.91. The fraction of sp³-hybridized carbons (Fsp3) is 0.634. The van der Waals surface area contributed by atoms with Crippen molar-refractivity contribution in [3.8, 4) is 11.5 Å². The zero-order valence-corrected chi connectivity index (χ0v) is 33.4. The van der Waals surface area contributed by atoms with Gasteiger partial charge >= 0.3 is 12.3 Å². The van der Waals surface area contributed by atoms with E-state index in [-0.39, 0.29) is 38.3 Å². The zero-order chi connectivity index (χ0) is 41.3. The lowest BCUT2D eigenvalue weighted by atomic mass is 9.87. The molecule has 3 aliphatic heterocycles. The van der Waals surface area contributed by atoms with Crippen molar-refractivity contribution in [2.24, 2.45) is 11.8 Å². The van der Waals surface area contributed by atoms with Crippen LogP contribution in [0.15, 0.2) is 30.4 Å². The highest BCUT2D eigenvalue weighted by atomic mass is 32.2. The van der Waals surface area contributed by atoms with Crippen molar-refractivity contribution in [2.75, 3.05) is 6.54 Å². The van der Waals surface area contributed by atoms with Crippen LogP contribution in [0.5, 0.6) is 11.5 Å². The van der Waals surface area contributed by atoms with E-state index in [4.69, 9.17) is 9.47 Å². The summed E-state index contributed by atoms with van der Waals surface area (Å²) in [4.78, 5) is 62.6. The Bertz CT molecular complexity index is 2170. The van der Waals surface area contributed by atoms with E-state index < -0.39 is 79.6 Å². The van der Waals surface area contributed by atoms with E-state index in [0.29, 0.717) is 66.4 Å². The predicted molar refractivity (Wildman–Crippen MR) is 203 cm³/mol. The van der Waals surface area contributed by atoms with E-state index in [2.05, 4.69) is 19.8 Å². The van der Waals surface area contributed by atoms with Gasteiger partial charge in [0.25, 0.3) is 5.91 Å². The smallest absolute Gasteiger partial charge is 0.483 e. The molecule has 5 atom stereocenters. The van der Waals surface area contributed by atoms with Crippen molar-refractivity contribution in [3.63, 3.8) is 0 Å². The van der Waals surface area contributed by atoms with Crippen molar-refractivity contribution in [3.05, 3.63) is 41.6 Å². The molecule has 0 bridgehead atoms. The van der Waals surface area contributed by atoms with Gasteiger partial charge in [0.05, 0.1) is 28.9 Å². The maximum Gasteiger partial charge on any atom is 0.573 e. The molecule has 3 amide bonds. The van der Waals surface area contributed by atoms with Gasteiger partial charge in [-0.3, -0.25) is 23.9 Å².